The van der Waals surface area contributed by atoms with Gasteiger partial charge in [-0.2, -0.15) is 0 Å². The van der Waals surface area contributed by atoms with Crippen molar-refractivity contribution >= 4 is 0 Å². The minimum absolute atomic E-state index is 0.290. The molecule has 1 atom stereocenters. The Morgan fingerprint density at radius 2 is 2.00 bits per heavy atom. The normalized spacial score (nSPS) is 20.8. The van der Waals surface area contributed by atoms with Crippen LogP contribution in [0, 0.1) is 17.8 Å². The van der Waals surface area contributed by atoms with Gasteiger partial charge in [-0.15, -0.1) is 0 Å². The molecule has 0 aromatic rings. The second kappa shape index (κ2) is 7.20. The maximum atomic E-state index is 9.17. The predicted octanol–water partition coefficient (Wildman–Crippen LogP) is 1.27. The van der Waals surface area contributed by atoms with E-state index in [1.54, 1.807) is 0 Å². The molecule has 1 rings (SSSR count). The van der Waals surface area contributed by atoms with Crippen LogP contribution in [-0.4, -0.2) is 38.0 Å². The molecular weight excluding hydrogens is 190 g/mol. The number of aliphatic hydroxyl groups is 1. The third-order valence-corrected chi connectivity index (χ3v) is 3.36. The molecule has 0 saturated carbocycles. The minimum Gasteiger partial charge on any atom is -0.396 e. The lowest BCUT2D eigenvalue weighted by molar-refractivity contribution is 0.0653. The molecule has 0 aromatic carbocycles. The van der Waals surface area contributed by atoms with Gasteiger partial charge in [-0.05, 0) is 37.1 Å². The molecule has 15 heavy (non-hydrogen) atoms. The molecule has 3 heteroatoms. The first-order valence-corrected chi connectivity index (χ1v) is 6.13. The van der Waals surface area contributed by atoms with Crippen LogP contribution in [-0.2, 0) is 4.74 Å². The van der Waals surface area contributed by atoms with E-state index in [0.29, 0.717) is 18.4 Å². The summed E-state index contributed by atoms with van der Waals surface area (Å²) in [6, 6.07) is 0. The average molecular weight is 215 g/mol. The number of hydrogen-bond donors (Lipinski definition) is 2. The first-order chi connectivity index (χ1) is 7.24. The van der Waals surface area contributed by atoms with Gasteiger partial charge in [0.15, 0.2) is 0 Å². The quantitative estimate of drug-likeness (QED) is 0.701. The molecule has 3 nitrogen and oxygen atoms in total. The summed E-state index contributed by atoms with van der Waals surface area (Å²) >= 11 is 0. The van der Waals surface area contributed by atoms with Gasteiger partial charge in [0.25, 0.3) is 0 Å². The maximum Gasteiger partial charge on any atom is 0.0473 e. The second-order valence-corrected chi connectivity index (χ2v) is 4.90. The highest BCUT2D eigenvalue weighted by atomic mass is 16.5. The molecular formula is C12H25NO2. The molecule has 1 unspecified atom stereocenters. The zero-order valence-corrected chi connectivity index (χ0v) is 10.0. The third-order valence-electron chi connectivity index (χ3n) is 3.36. The van der Waals surface area contributed by atoms with Crippen LogP contribution in [0.5, 0.6) is 0 Å². The molecule has 0 amide bonds. The second-order valence-electron chi connectivity index (χ2n) is 4.90. The van der Waals surface area contributed by atoms with E-state index in [-0.39, 0.29) is 0 Å². The lowest BCUT2D eigenvalue weighted by atomic mass is 9.96. The van der Waals surface area contributed by atoms with Crippen molar-refractivity contribution < 1.29 is 9.84 Å². The third kappa shape index (κ3) is 4.96. The predicted molar refractivity (Wildman–Crippen MR) is 61.8 cm³/mol. The first-order valence-electron chi connectivity index (χ1n) is 6.13. The van der Waals surface area contributed by atoms with Gasteiger partial charge in [0.2, 0.25) is 0 Å². The van der Waals surface area contributed by atoms with E-state index in [1.165, 1.54) is 12.8 Å². The van der Waals surface area contributed by atoms with Crippen LogP contribution in [0.2, 0.25) is 0 Å². The Hall–Kier alpha value is -0.120. The van der Waals surface area contributed by atoms with Crippen molar-refractivity contribution in [3.63, 3.8) is 0 Å². The Morgan fingerprint density at radius 1 is 1.33 bits per heavy atom. The molecule has 2 N–H and O–H groups in total. The van der Waals surface area contributed by atoms with Crippen LogP contribution in [0.15, 0.2) is 0 Å². The summed E-state index contributed by atoms with van der Waals surface area (Å²) in [5.41, 5.74) is 0. The SMILES string of the molecule is CC(C)C(CO)CNCC1CCOCC1. The molecule has 1 aliphatic heterocycles. The van der Waals surface area contributed by atoms with Crippen molar-refractivity contribution in [1.82, 2.24) is 5.32 Å². The van der Waals surface area contributed by atoms with Gasteiger partial charge in [-0.25, -0.2) is 0 Å². The van der Waals surface area contributed by atoms with Crippen LogP contribution in [0.1, 0.15) is 26.7 Å². The van der Waals surface area contributed by atoms with Gasteiger partial charge in [-0.3, -0.25) is 0 Å². The molecule has 1 fully saturated rings. The molecule has 90 valence electrons. The Labute approximate surface area is 93.2 Å². The van der Waals surface area contributed by atoms with Crippen molar-refractivity contribution in [2.24, 2.45) is 17.8 Å². The highest BCUT2D eigenvalue weighted by Gasteiger charge is 2.15. The van der Waals surface area contributed by atoms with E-state index >= 15 is 0 Å². The first kappa shape index (κ1) is 12.9. The Kier molecular flexibility index (Phi) is 6.22. The van der Waals surface area contributed by atoms with Crippen molar-refractivity contribution in [1.29, 1.82) is 0 Å². The smallest absolute Gasteiger partial charge is 0.0473 e. The topological polar surface area (TPSA) is 41.5 Å². The molecule has 0 spiro atoms. The fourth-order valence-corrected chi connectivity index (χ4v) is 1.93. The zero-order valence-electron chi connectivity index (χ0n) is 10.0. The Bertz CT molecular complexity index is 156. The monoisotopic (exact) mass is 215 g/mol. The van der Waals surface area contributed by atoms with Gasteiger partial charge >= 0.3 is 0 Å². The minimum atomic E-state index is 0.290. The van der Waals surface area contributed by atoms with Gasteiger partial charge in [0, 0.05) is 26.4 Å². The van der Waals surface area contributed by atoms with Crippen LogP contribution >= 0.6 is 0 Å². The summed E-state index contributed by atoms with van der Waals surface area (Å²) in [4.78, 5) is 0. The van der Waals surface area contributed by atoms with Crippen molar-refractivity contribution in [2.75, 3.05) is 32.9 Å². The zero-order chi connectivity index (χ0) is 11.1. The summed E-state index contributed by atoms with van der Waals surface area (Å²) in [5.74, 6) is 1.72. The van der Waals surface area contributed by atoms with Crippen molar-refractivity contribution in [3.05, 3.63) is 0 Å². The number of aliphatic hydroxyl groups excluding tert-OH is 1. The molecule has 0 bridgehead atoms. The lowest BCUT2D eigenvalue weighted by Gasteiger charge is -2.24. The standard InChI is InChI=1S/C12H25NO2/c1-10(2)12(9-14)8-13-7-11-3-5-15-6-4-11/h10-14H,3-9H2,1-2H3. The molecule has 1 aliphatic rings. The molecule has 1 heterocycles. The van der Waals surface area contributed by atoms with Gasteiger partial charge in [0.05, 0.1) is 0 Å². The average Bonchev–Trinajstić information content (AvgIpc) is 2.25. The van der Waals surface area contributed by atoms with E-state index in [4.69, 9.17) is 4.74 Å². The molecule has 0 radical (unpaired) electrons. The van der Waals surface area contributed by atoms with Crippen LogP contribution in [0.4, 0.5) is 0 Å². The summed E-state index contributed by atoms with van der Waals surface area (Å²) in [5, 5.41) is 12.6. The number of nitrogens with one attached hydrogen (secondary N) is 1. The number of ether oxygens (including phenoxy) is 1. The number of rotatable bonds is 6. The van der Waals surface area contributed by atoms with Crippen molar-refractivity contribution in [2.45, 2.75) is 26.7 Å². The van der Waals surface area contributed by atoms with Crippen LogP contribution < -0.4 is 5.32 Å². The maximum absolute atomic E-state index is 9.17. The van der Waals surface area contributed by atoms with Gasteiger partial charge in [0.1, 0.15) is 0 Å². The molecule has 0 aromatic heterocycles. The van der Waals surface area contributed by atoms with Crippen molar-refractivity contribution in [3.8, 4) is 0 Å². The summed E-state index contributed by atoms with van der Waals surface area (Å²) in [7, 11) is 0. The lowest BCUT2D eigenvalue weighted by Crippen LogP contribution is -2.33. The Balaban J connectivity index is 2.08. The fraction of sp³-hybridized carbons (Fsp3) is 1.00. The summed E-state index contributed by atoms with van der Waals surface area (Å²) in [6.07, 6.45) is 2.36. The van der Waals surface area contributed by atoms with Gasteiger partial charge < -0.3 is 15.2 Å². The van der Waals surface area contributed by atoms with E-state index < -0.39 is 0 Å². The highest BCUT2D eigenvalue weighted by molar-refractivity contribution is 4.69. The fourth-order valence-electron chi connectivity index (χ4n) is 1.93. The summed E-state index contributed by atoms with van der Waals surface area (Å²) < 4.78 is 5.32. The van der Waals surface area contributed by atoms with E-state index in [0.717, 1.165) is 32.2 Å². The van der Waals surface area contributed by atoms with Crippen LogP contribution in [0.25, 0.3) is 0 Å². The largest absolute Gasteiger partial charge is 0.396 e. The molecule has 0 aliphatic carbocycles. The Morgan fingerprint density at radius 3 is 2.53 bits per heavy atom. The number of hydrogen-bond acceptors (Lipinski definition) is 3. The van der Waals surface area contributed by atoms with E-state index in [9.17, 15) is 5.11 Å². The van der Waals surface area contributed by atoms with E-state index in [2.05, 4.69) is 19.2 Å². The molecule has 1 saturated heterocycles. The highest BCUT2D eigenvalue weighted by Crippen LogP contribution is 2.14. The van der Waals surface area contributed by atoms with Crippen LogP contribution in [0.3, 0.4) is 0 Å². The summed E-state index contributed by atoms with van der Waals surface area (Å²) in [6.45, 7) is 8.46. The van der Waals surface area contributed by atoms with E-state index in [1.807, 2.05) is 0 Å². The van der Waals surface area contributed by atoms with Gasteiger partial charge in [-0.1, -0.05) is 13.8 Å².